The predicted octanol–water partition coefficient (Wildman–Crippen LogP) is 2.11. The van der Waals surface area contributed by atoms with Gasteiger partial charge in [0.2, 0.25) is 5.91 Å². The van der Waals surface area contributed by atoms with Crippen molar-refractivity contribution >= 4 is 5.91 Å². The third-order valence-corrected chi connectivity index (χ3v) is 3.45. The van der Waals surface area contributed by atoms with Crippen LogP contribution in [0.5, 0.6) is 5.75 Å². The van der Waals surface area contributed by atoms with E-state index in [1.54, 1.807) is 22.8 Å². The SMILES string of the molecule is C=CC(=O)N(Cc1cnnn1C)CC(C)Oc1cccc(C)c1. The summed E-state index contributed by atoms with van der Waals surface area (Å²) in [6.07, 6.45) is 2.81. The van der Waals surface area contributed by atoms with Crippen molar-refractivity contribution in [1.29, 1.82) is 0 Å². The Morgan fingerprint density at radius 2 is 2.30 bits per heavy atom. The van der Waals surface area contributed by atoms with Crippen molar-refractivity contribution < 1.29 is 9.53 Å². The van der Waals surface area contributed by atoms with Crippen LogP contribution < -0.4 is 4.74 Å². The average molecular weight is 314 g/mol. The predicted molar refractivity (Wildman–Crippen MR) is 87.9 cm³/mol. The molecule has 1 aromatic carbocycles. The Hall–Kier alpha value is -2.63. The molecule has 1 atom stereocenters. The molecule has 0 saturated heterocycles. The summed E-state index contributed by atoms with van der Waals surface area (Å²) in [5, 5.41) is 7.72. The van der Waals surface area contributed by atoms with Gasteiger partial charge in [0.25, 0.3) is 0 Å². The summed E-state index contributed by atoms with van der Waals surface area (Å²) in [6, 6.07) is 7.85. The summed E-state index contributed by atoms with van der Waals surface area (Å²) in [4.78, 5) is 13.8. The zero-order valence-electron chi connectivity index (χ0n) is 13.8. The number of nitrogens with zero attached hydrogens (tertiary/aromatic N) is 4. The minimum Gasteiger partial charge on any atom is -0.489 e. The van der Waals surface area contributed by atoms with Crippen LogP contribution in [0.3, 0.4) is 0 Å². The summed E-state index contributed by atoms with van der Waals surface area (Å²) < 4.78 is 7.55. The Balaban J connectivity index is 2.03. The number of carbonyl (C=O) groups excluding carboxylic acids is 1. The Labute approximate surface area is 136 Å². The maximum atomic E-state index is 12.1. The van der Waals surface area contributed by atoms with Gasteiger partial charge in [0, 0.05) is 7.05 Å². The van der Waals surface area contributed by atoms with Gasteiger partial charge in [-0.15, -0.1) is 5.10 Å². The van der Waals surface area contributed by atoms with Crippen LogP contribution in [0, 0.1) is 6.92 Å². The van der Waals surface area contributed by atoms with Crippen LogP contribution in [0.25, 0.3) is 0 Å². The van der Waals surface area contributed by atoms with Crippen molar-refractivity contribution in [1.82, 2.24) is 19.9 Å². The molecule has 0 radical (unpaired) electrons. The van der Waals surface area contributed by atoms with Crippen molar-refractivity contribution in [3.05, 3.63) is 54.4 Å². The molecule has 122 valence electrons. The van der Waals surface area contributed by atoms with E-state index in [9.17, 15) is 4.79 Å². The normalized spacial score (nSPS) is 11.8. The molecular formula is C17H22N4O2. The standard InChI is InChI=1S/C17H22N4O2/c1-5-17(22)21(12-15-10-18-19-20(15)4)11-14(3)23-16-8-6-7-13(2)9-16/h5-10,14H,1,11-12H2,2-4H3. The highest BCUT2D eigenvalue weighted by atomic mass is 16.5. The highest BCUT2D eigenvalue weighted by molar-refractivity contribution is 5.86. The lowest BCUT2D eigenvalue weighted by Gasteiger charge is -2.25. The van der Waals surface area contributed by atoms with Crippen molar-refractivity contribution in [3.63, 3.8) is 0 Å². The van der Waals surface area contributed by atoms with Crippen LogP contribution in [0.15, 0.2) is 43.1 Å². The monoisotopic (exact) mass is 314 g/mol. The minimum absolute atomic E-state index is 0.147. The van der Waals surface area contributed by atoms with Gasteiger partial charge in [-0.3, -0.25) is 9.48 Å². The Bertz CT molecular complexity index is 681. The average Bonchev–Trinajstić information content (AvgIpc) is 2.91. The largest absolute Gasteiger partial charge is 0.489 e. The molecular weight excluding hydrogens is 292 g/mol. The second kappa shape index (κ2) is 7.58. The Kier molecular flexibility index (Phi) is 5.51. The van der Waals surface area contributed by atoms with E-state index in [1.165, 1.54) is 6.08 Å². The maximum Gasteiger partial charge on any atom is 0.246 e. The van der Waals surface area contributed by atoms with Crippen LogP contribution >= 0.6 is 0 Å². The number of benzene rings is 1. The second-order valence-electron chi connectivity index (χ2n) is 5.52. The number of aromatic nitrogens is 3. The van der Waals surface area contributed by atoms with Gasteiger partial charge in [-0.2, -0.15) is 0 Å². The summed E-state index contributed by atoms with van der Waals surface area (Å²) in [5.41, 5.74) is 1.98. The van der Waals surface area contributed by atoms with Crippen molar-refractivity contribution in [3.8, 4) is 5.75 Å². The molecule has 0 spiro atoms. The first kappa shape index (κ1) is 16.7. The molecule has 1 amide bonds. The molecule has 1 unspecified atom stereocenters. The first-order valence-electron chi connectivity index (χ1n) is 7.48. The highest BCUT2D eigenvalue weighted by Gasteiger charge is 2.17. The van der Waals surface area contributed by atoms with E-state index in [1.807, 2.05) is 38.1 Å². The molecule has 2 aromatic rings. The molecule has 1 heterocycles. The fourth-order valence-electron chi connectivity index (χ4n) is 2.28. The van der Waals surface area contributed by atoms with E-state index in [0.717, 1.165) is 17.0 Å². The van der Waals surface area contributed by atoms with Crippen molar-refractivity contribution in [2.45, 2.75) is 26.5 Å². The molecule has 0 fully saturated rings. The number of carbonyl (C=O) groups is 1. The molecule has 0 aliphatic heterocycles. The number of hydrogen-bond donors (Lipinski definition) is 0. The molecule has 23 heavy (non-hydrogen) atoms. The number of rotatable bonds is 7. The third-order valence-electron chi connectivity index (χ3n) is 3.45. The lowest BCUT2D eigenvalue weighted by Crippen LogP contribution is -2.37. The molecule has 0 saturated carbocycles. The summed E-state index contributed by atoms with van der Waals surface area (Å²) >= 11 is 0. The molecule has 6 nitrogen and oxygen atoms in total. The number of amides is 1. The lowest BCUT2D eigenvalue weighted by molar-refractivity contribution is -0.127. The van der Waals surface area contributed by atoms with Crippen LogP contribution in [0.1, 0.15) is 18.2 Å². The summed E-state index contributed by atoms with van der Waals surface area (Å²) in [7, 11) is 1.80. The summed E-state index contributed by atoms with van der Waals surface area (Å²) in [6.45, 7) is 8.38. The number of ether oxygens (including phenoxy) is 1. The zero-order chi connectivity index (χ0) is 16.8. The van der Waals surface area contributed by atoms with Gasteiger partial charge in [-0.1, -0.05) is 23.9 Å². The van der Waals surface area contributed by atoms with Crippen molar-refractivity contribution in [2.24, 2.45) is 7.05 Å². The molecule has 0 N–H and O–H groups in total. The van der Waals surface area contributed by atoms with Gasteiger partial charge >= 0.3 is 0 Å². The van der Waals surface area contributed by atoms with Crippen LogP contribution in [-0.4, -0.2) is 38.4 Å². The lowest BCUT2D eigenvalue weighted by atomic mass is 10.2. The minimum atomic E-state index is -0.151. The van der Waals surface area contributed by atoms with Gasteiger partial charge in [0.15, 0.2) is 0 Å². The third kappa shape index (κ3) is 4.67. The van der Waals surface area contributed by atoms with E-state index in [2.05, 4.69) is 16.9 Å². The first-order chi connectivity index (χ1) is 11.0. The van der Waals surface area contributed by atoms with E-state index >= 15 is 0 Å². The molecule has 0 aliphatic rings. The van der Waals surface area contributed by atoms with Crippen molar-refractivity contribution in [2.75, 3.05) is 6.54 Å². The molecule has 0 bridgehead atoms. The van der Waals surface area contributed by atoms with Gasteiger partial charge in [-0.25, -0.2) is 0 Å². The van der Waals surface area contributed by atoms with E-state index in [4.69, 9.17) is 4.74 Å². The number of aryl methyl sites for hydroxylation is 2. The fourth-order valence-corrected chi connectivity index (χ4v) is 2.28. The Morgan fingerprint density at radius 3 is 2.91 bits per heavy atom. The number of hydrogen-bond acceptors (Lipinski definition) is 4. The second-order valence-corrected chi connectivity index (χ2v) is 5.52. The Morgan fingerprint density at radius 1 is 1.52 bits per heavy atom. The van der Waals surface area contributed by atoms with E-state index < -0.39 is 0 Å². The fraction of sp³-hybridized carbons (Fsp3) is 0.353. The van der Waals surface area contributed by atoms with Gasteiger partial charge in [-0.05, 0) is 37.6 Å². The molecule has 6 heteroatoms. The first-order valence-corrected chi connectivity index (χ1v) is 7.48. The topological polar surface area (TPSA) is 60.2 Å². The van der Waals surface area contributed by atoms with Crippen LogP contribution in [-0.2, 0) is 18.4 Å². The highest BCUT2D eigenvalue weighted by Crippen LogP contribution is 2.15. The maximum absolute atomic E-state index is 12.1. The van der Waals surface area contributed by atoms with Gasteiger partial charge in [0.05, 0.1) is 25.0 Å². The molecule has 0 aliphatic carbocycles. The molecule has 1 aromatic heterocycles. The van der Waals surface area contributed by atoms with Gasteiger partial charge < -0.3 is 9.64 Å². The quantitative estimate of drug-likeness (QED) is 0.734. The smallest absolute Gasteiger partial charge is 0.246 e. The molecule has 2 rings (SSSR count). The zero-order valence-corrected chi connectivity index (χ0v) is 13.8. The van der Waals surface area contributed by atoms with Gasteiger partial charge in [0.1, 0.15) is 11.9 Å². The van der Waals surface area contributed by atoms with E-state index in [0.29, 0.717) is 13.1 Å². The van der Waals surface area contributed by atoms with Crippen LogP contribution in [0.4, 0.5) is 0 Å². The van der Waals surface area contributed by atoms with E-state index in [-0.39, 0.29) is 12.0 Å². The summed E-state index contributed by atoms with van der Waals surface area (Å²) in [5.74, 6) is 0.650. The van der Waals surface area contributed by atoms with Crippen LogP contribution in [0.2, 0.25) is 0 Å².